The third kappa shape index (κ3) is 6.61. The summed E-state index contributed by atoms with van der Waals surface area (Å²) in [7, 11) is 0. The molecule has 0 aliphatic heterocycles. The standard InChI is InChI=1S/C16H21NO4/c1-11(14(18)19)9-12-5-7-13(8-6-12)10-17-15(20)21-16(2,3)4/h5-8H,1,9-10H2,2-4H3,(H,17,20)(H,18,19). The molecule has 114 valence electrons. The van der Waals surface area contributed by atoms with Gasteiger partial charge in [-0.2, -0.15) is 0 Å². The van der Waals surface area contributed by atoms with Gasteiger partial charge in [-0.3, -0.25) is 0 Å². The summed E-state index contributed by atoms with van der Waals surface area (Å²) in [5.41, 5.74) is 1.40. The van der Waals surface area contributed by atoms with Crippen LogP contribution in [0, 0.1) is 0 Å². The fourth-order valence-electron chi connectivity index (χ4n) is 1.59. The normalized spacial score (nSPS) is 10.8. The highest BCUT2D eigenvalue weighted by Gasteiger charge is 2.15. The summed E-state index contributed by atoms with van der Waals surface area (Å²) in [6, 6.07) is 7.31. The van der Waals surface area contributed by atoms with Crippen molar-refractivity contribution in [2.75, 3.05) is 0 Å². The van der Waals surface area contributed by atoms with Crippen LogP contribution in [-0.4, -0.2) is 22.8 Å². The van der Waals surface area contributed by atoms with Crippen LogP contribution in [0.2, 0.25) is 0 Å². The topological polar surface area (TPSA) is 75.6 Å². The lowest BCUT2D eigenvalue weighted by atomic mass is 10.0. The second-order valence-corrected chi connectivity index (χ2v) is 5.76. The van der Waals surface area contributed by atoms with Crippen molar-refractivity contribution in [3.8, 4) is 0 Å². The molecule has 0 atom stereocenters. The van der Waals surface area contributed by atoms with Gasteiger partial charge >= 0.3 is 12.1 Å². The maximum Gasteiger partial charge on any atom is 0.407 e. The zero-order chi connectivity index (χ0) is 16.0. The van der Waals surface area contributed by atoms with Crippen molar-refractivity contribution in [3.05, 3.63) is 47.5 Å². The molecule has 5 heteroatoms. The first-order valence-corrected chi connectivity index (χ1v) is 6.63. The Morgan fingerprint density at radius 1 is 1.19 bits per heavy atom. The molecule has 1 rings (SSSR count). The fourth-order valence-corrected chi connectivity index (χ4v) is 1.59. The molecule has 0 heterocycles. The Morgan fingerprint density at radius 3 is 2.19 bits per heavy atom. The third-order valence-electron chi connectivity index (χ3n) is 2.58. The van der Waals surface area contributed by atoms with E-state index in [1.165, 1.54) is 0 Å². The second kappa shape index (κ2) is 6.92. The molecule has 1 amide bonds. The Bertz CT molecular complexity index is 526. The summed E-state index contributed by atoms with van der Waals surface area (Å²) >= 11 is 0. The number of hydrogen-bond donors (Lipinski definition) is 2. The van der Waals surface area contributed by atoms with Crippen molar-refractivity contribution < 1.29 is 19.4 Å². The smallest absolute Gasteiger partial charge is 0.407 e. The summed E-state index contributed by atoms with van der Waals surface area (Å²) in [5.74, 6) is -0.995. The number of hydrogen-bond acceptors (Lipinski definition) is 3. The molecule has 0 aliphatic carbocycles. The quantitative estimate of drug-likeness (QED) is 0.818. The van der Waals surface area contributed by atoms with Crippen molar-refractivity contribution in [1.29, 1.82) is 0 Å². The zero-order valence-electron chi connectivity index (χ0n) is 12.6. The minimum atomic E-state index is -0.995. The summed E-state index contributed by atoms with van der Waals surface area (Å²) in [6.45, 7) is 9.26. The molecule has 21 heavy (non-hydrogen) atoms. The lowest BCUT2D eigenvalue weighted by Gasteiger charge is -2.19. The van der Waals surface area contributed by atoms with E-state index in [0.29, 0.717) is 13.0 Å². The number of amides is 1. The molecule has 0 saturated heterocycles. The van der Waals surface area contributed by atoms with E-state index < -0.39 is 17.7 Å². The van der Waals surface area contributed by atoms with E-state index >= 15 is 0 Å². The number of benzene rings is 1. The van der Waals surface area contributed by atoms with Crippen LogP contribution in [0.1, 0.15) is 31.9 Å². The number of carboxylic acids is 1. The molecule has 0 saturated carbocycles. The average Bonchev–Trinajstić information content (AvgIpc) is 2.35. The van der Waals surface area contributed by atoms with E-state index in [4.69, 9.17) is 9.84 Å². The van der Waals surface area contributed by atoms with Crippen molar-refractivity contribution in [2.45, 2.75) is 39.3 Å². The van der Waals surface area contributed by atoms with Gasteiger partial charge in [0, 0.05) is 18.5 Å². The molecule has 0 aliphatic rings. The summed E-state index contributed by atoms with van der Waals surface area (Å²) in [5, 5.41) is 11.4. The minimum Gasteiger partial charge on any atom is -0.478 e. The number of carbonyl (C=O) groups excluding carboxylic acids is 1. The lowest BCUT2D eigenvalue weighted by molar-refractivity contribution is -0.132. The van der Waals surface area contributed by atoms with Crippen molar-refractivity contribution in [3.63, 3.8) is 0 Å². The molecule has 0 spiro atoms. The van der Waals surface area contributed by atoms with Gasteiger partial charge in [0.05, 0.1) is 0 Å². The third-order valence-corrected chi connectivity index (χ3v) is 2.58. The molecule has 0 aromatic heterocycles. The maximum atomic E-state index is 11.5. The van der Waals surface area contributed by atoms with Crippen LogP contribution < -0.4 is 5.32 Å². The molecule has 0 fully saturated rings. The predicted octanol–water partition coefficient (Wildman–Crippen LogP) is 2.89. The predicted molar refractivity (Wildman–Crippen MR) is 80.0 cm³/mol. The van der Waals surface area contributed by atoms with Gasteiger partial charge in [-0.25, -0.2) is 9.59 Å². The molecule has 1 aromatic rings. The number of ether oxygens (including phenoxy) is 1. The number of carboxylic acid groups (broad SMARTS) is 1. The van der Waals surface area contributed by atoms with Crippen LogP contribution in [0.5, 0.6) is 0 Å². The second-order valence-electron chi connectivity index (χ2n) is 5.76. The van der Waals surface area contributed by atoms with Crippen molar-refractivity contribution >= 4 is 12.1 Å². The van der Waals surface area contributed by atoms with Gasteiger partial charge in [-0.1, -0.05) is 30.8 Å². The SMILES string of the molecule is C=C(Cc1ccc(CNC(=O)OC(C)(C)C)cc1)C(=O)O. The van der Waals surface area contributed by atoms with E-state index in [0.717, 1.165) is 11.1 Å². The molecular formula is C16H21NO4. The van der Waals surface area contributed by atoms with Crippen LogP contribution in [0.4, 0.5) is 4.79 Å². The van der Waals surface area contributed by atoms with E-state index in [1.807, 2.05) is 24.3 Å². The Hall–Kier alpha value is -2.30. The summed E-state index contributed by atoms with van der Waals surface area (Å²) < 4.78 is 5.14. The van der Waals surface area contributed by atoms with Crippen LogP contribution in [-0.2, 0) is 22.5 Å². The molecule has 0 bridgehead atoms. The maximum absolute atomic E-state index is 11.5. The van der Waals surface area contributed by atoms with E-state index in [9.17, 15) is 9.59 Å². The number of rotatable bonds is 5. The largest absolute Gasteiger partial charge is 0.478 e. The first kappa shape index (κ1) is 16.8. The Balaban J connectivity index is 2.50. The molecule has 5 nitrogen and oxygen atoms in total. The first-order valence-electron chi connectivity index (χ1n) is 6.63. The van der Waals surface area contributed by atoms with Gasteiger partial charge in [0.15, 0.2) is 0 Å². The average molecular weight is 291 g/mol. The van der Waals surface area contributed by atoms with Crippen LogP contribution in [0.25, 0.3) is 0 Å². The van der Waals surface area contributed by atoms with Crippen LogP contribution >= 0.6 is 0 Å². The first-order chi connectivity index (χ1) is 9.67. The molecule has 1 aromatic carbocycles. The van der Waals surface area contributed by atoms with Gasteiger partial charge in [-0.05, 0) is 31.9 Å². The highest BCUT2D eigenvalue weighted by atomic mass is 16.6. The monoisotopic (exact) mass is 291 g/mol. The summed E-state index contributed by atoms with van der Waals surface area (Å²) in [6.07, 6.45) is -0.166. The van der Waals surface area contributed by atoms with Crippen LogP contribution in [0.15, 0.2) is 36.4 Å². The number of alkyl carbamates (subject to hydrolysis) is 1. The number of carbonyl (C=O) groups is 2. The summed E-state index contributed by atoms with van der Waals surface area (Å²) in [4.78, 5) is 22.2. The zero-order valence-corrected chi connectivity index (χ0v) is 12.6. The highest BCUT2D eigenvalue weighted by molar-refractivity contribution is 5.86. The molecule has 2 N–H and O–H groups in total. The number of nitrogens with one attached hydrogen (secondary N) is 1. The van der Waals surface area contributed by atoms with Gasteiger partial charge in [0.1, 0.15) is 5.60 Å². The van der Waals surface area contributed by atoms with Gasteiger partial charge in [-0.15, -0.1) is 0 Å². The van der Waals surface area contributed by atoms with Gasteiger partial charge in [0.2, 0.25) is 0 Å². The Morgan fingerprint density at radius 2 is 1.71 bits per heavy atom. The van der Waals surface area contributed by atoms with Crippen molar-refractivity contribution in [2.24, 2.45) is 0 Å². The van der Waals surface area contributed by atoms with Crippen LogP contribution in [0.3, 0.4) is 0 Å². The Kier molecular flexibility index (Phi) is 5.52. The van der Waals surface area contributed by atoms with Crippen molar-refractivity contribution in [1.82, 2.24) is 5.32 Å². The van der Waals surface area contributed by atoms with Gasteiger partial charge in [0.25, 0.3) is 0 Å². The molecule has 0 radical (unpaired) electrons. The fraction of sp³-hybridized carbons (Fsp3) is 0.375. The van der Waals surface area contributed by atoms with Gasteiger partial charge < -0.3 is 15.2 Å². The van der Waals surface area contributed by atoms with E-state index in [-0.39, 0.29) is 5.57 Å². The lowest BCUT2D eigenvalue weighted by Crippen LogP contribution is -2.32. The number of aliphatic carboxylic acids is 1. The minimum absolute atomic E-state index is 0.148. The molecule has 0 unspecified atom stereocenters. The van der Waals surface area contributed by atoms with E-state index in [1.54, 1.807) is 20.8 Å². The molecular weight excluding hydrogens is 270 g/mol. The Labute approximate surface area is 124 Å². The van der Waals surface area contributed by atoms with E-state index in [2.05, 4.69) is 11.9 Å². The highest BCUT2D eigenvalue weighted by Crippen LogP contribution is 2.10.